The Kier molecular flexibility index (Phi) is 2.60. The van der Waals surface area contributed by atoms with E-state index in [4.69, 9.17) is 10.4 Å². The molecule has 0 spiro atoms. The van der Waals surface area contributed by atoms with Gasteiger partial charge in [-0.15, -0.1) is 0 Å². The fraction of sp³-hybridized carbons (Fsp3) is 0.222. The smallest absolute Gasteiger partial charge is 0.309 e. The van der Waals surface area contributed by atoms with Gasteiger partial charge < -0.3 is 5.11 Å². The van der Waals surface area contributed by atoms with Gasteiger partial charge in [-0.1, -0.05) is 0 Å². The average Bonchev–Trinajstić information content (AvgIpc) is 2.03. The summed E-state index contributed by atoms with van der Waals surface area (Å²) < 4.78 is 0. The second kappa shape index (κ2) is 3.68. The van der Waals surface area contributed by atoms with Gasteiger partial charge in [-0.2, -0.15) is 5.26 Å². The Morgan fingerprint density at radius 2 is 2.38 bits per heavy atom. The van der Waals surface area contributed by atoms with Crippen LogP contribution in [0.15, 0.2) is 12.1 Å². The van der Waals surface area contributed by atoms with E-state index < -0.39 is 5.97 Å². The summed E-state index contributed by atoms with van der Waals surface area (Å²) in [6.07, 6.45) is -0.105. The molecular formula is C9H8N2O2. The highest BCUT2D eigenvalue weighted by molar-refractivity contribution is 5.69. The van der Waals surface area contributed by atoms with Gasteiger partial charge in [0.15, 0.2) is 0 Å². The molecule has 0 aliphatic carbocycles. The van der Waals surface area contributed by atoms with E-state index in [1.54, 1.807) is 19.1 Å². The van der Waals surface area contributed by atoms with E-state index >= 15 is 0 Å². The third-order valence-electron chi connectivity index (χ3n) is 1.60. The fourth-order valence-electron chi connectivity index (χ4n) is 0.985. The van der Waals surface area contributed by atoms with Crippen molar-refractivity contribution < 1.29 is 9.90 Å². The van der Waals surface area contributed by atoms with Crippen LogP contribution in [-0.2, 0) is 11.2 Å². The monoisotopic (exact) mass is 176 g/mol. The van der Waals surface area contributed by atoms with Gasteiger partial charge in [0.25, 0.3) is 0 Å². The Labute approximate surface area is 75.5 Å². The number of aromatic nitrogens is 1. The first-order valence-corrected chi connectivity index (χ1v) is 3.72. The van der Waals surface area contributed by atoms with Crippen molar-refractivity contribution in [2.75, 3.05) is 0 Å². The summed E-state index contributed by atoms with van der Waals surface area (Å²) in [7, 11) is 0. The van der Waals surface area contributed by atoms with Gasteiger partial charge in [-0.3, -0.25) is 9.78 Å². The second-order valence-corrected chi connectivity index (χ2v) is 2.62. The molecular weight excluding hydrogens is 168 g/mol. The van der Waals surface area contributed by atoms with Crippen molar-refractivity contribution in [3.05, 3.63) is 29.1 Å². The van der Waals surface area contributed by atoms with Gasteiger partial charge in [0.1, 0.15) is 6.07 Å². The maximum atomic E-state index is 10.3. The number of pyridine rings is 1. The SMILES string of the molecule is Cc1nc(CC(=O)O)ccc1C#N. The Morgan fingerprint density at radius 1 is 1.69 bits per heavy atom. The summed E-state index contributed by atoms with van der Waals surface area (Å²) >= 11 is 0. The molecule has 0 amide bonds. The summed E-state index contributed by atoms with van der Waals surface area (Å²) in [4.78, 5) is 14.3. The number of nitriles is 1. The number of carbonyl (C=O) groups is 1. The van der Waals surface area contributed by atoms with Crippen LogP contribution in [0.2, 0.25) is 0 Å². The first-order valence-electron chi connectivity index (χ1n) is 3.72. The standard InChI is InChI=1S/C9H8N2O2/c1-6-7(5-10)2-3-8(11-6)4-9(12)13/h2-3H,4H2,1H3,(H,12,13). The second-order valence-electron chi connectivity index (χ2n) is 2.62. The number of carboxylic acids is 1. The minimum absolute atomic E-state index is 0.105. The predicted molar refractivity (Wildman–Crippen MR) is 45.0 cm³/mol. The van der Waals surface area contributed by atoms with E-state index in [0.717, 1.165) is 0 Å². The van der Waals surface area contributed by atoms with Crippen molar-refractivity contribution >= 4 is 5.97 Å². The molecule has 1 aromatic heterocycles. The quantitative estimate of drug-likeness (QED) is 0.726. The highest BCUT2D eigenvalue weighted by Crippen LogP contribution is 2.05. The number of hydrogen-bond donors (Lipinski definition) is 1. The largest absolute Gasteiger partial charge is 0.481 e. The van der Waals surface area contributed by atoms with Crippen LogP contribution in [0.5, 0.6) is 0 Å². The first-order chi connectivity index (χ1) is 6.13. The topological polar surface area (TPSA) is 74.0 Å². The van der Waals surface area contributed by atoms with Crippen LogP contribution in [0.4, 0.5) is 0 Å². The van der Waals surface area contributed by atoms with E-state index in [1.807, 2.05) is 6.07 Å². The van der Waals surface area contributed by atoms with Gasteiger partial charge in [-0.05, 0) is 19.1 Å². The molecule has 0 aliphatic rings. The van der Waals surface area contributed by atoms with E-state index in [2.05, 4.69) is 4.98 Å². The molecule has 0 unspecified atom stereocenters. The van der Waals surface area contributed by atoms with Gasteiger partial charge in [0.2, 0.25) is 0 Å². The summed E-state index contributed by atoms with van der Waals surface area (Å²) in [5.41, 5.74) is 1.53. The third kappa shape index (κ3) is 2.27. The number of nitrogens with zero attached hydrogens (tertiary/aromatic N) is 2. The maximum Gasteiger partial charge on any atom is 0.309 e. The van der Waals surface area contributed by atoms with E-state index in [0.29, 0.717) is 17.0 Å². The van der Waals surface area contributed by atoms with E-state index in [1.165, 1.54) is 0 Å². The van der Waals surface area contributed by atoms with E-state index in [9.17, 15) is 4.79 Å². The van der Waals surface area contributed by atoms with Crippen LogP contribution in [0, 0.1) is 18.3 Å². The van der Waals surface area contributed by atoms with E-state index in [-0.39, 0.29) is 6.42 Å². The van der Waals surface area contributed by atoms with Crippen LogP contribution in [0.1, 0.15) is 17.0 Å². The van der Waals surface area contributed by atoms with Crippen LogP contribution in [0.3, 0.4) is 0 Å². The lowest BCUT2D eigenvalue weighted by Gasteiger charge is -1.99. The molecule has 1 rings (SSSR count). The molecule has 66 valence electrons. The van der Waals surface area contributed by atoms with Gasteiger partial charge in [0.05, 0.1) is 23.4 Å². The van der Waals surface area contributed by atoms with Crippen LogP contribution in [0.25, 0.3) is 0 Å². The summed E-state index contributed by atoms with van der Waals surface area (Å²) in [6.45, 7) is 1.68. The maximum absolute atomic E-state index is 10.3. The van der Waals surface area contributed by atoms with Crippen LogP contribution >= 0.6 is 0 Å². The molecule has 1 aromatic rings. The van der Waals surface area contributed by atoms with Gasteiger partial charge in [-0.25, -0.2) is 0 Å². The Hall–Kier alpha value is -1.89. The molecule has 4 heteroatoms. The van der Waals surface area contributed by atoms with Crippen LogP contribution in [-0.4, -0.2) is 16.1 Å². The fourth-order valence-corrected chi connectivity index (χ4v) is 0.985. The van der Waals surface area contributed by atoms with Crippen LogP contribution < -0.4 is 0 Å². The molecule has 0 radical (unpaired) electrons. The third-order valence-corrected chi connectivity index (χ3v) is 1.60. The average molecular weight is 176 g/mol. The molecule has 13 heavy (non-hydrogen) atoms. The molecule has 0 aliphatic heterocycles. The predicted octanol–water partition coefficient (Wildman–Crippen LogP) is 0.889. The molecule has 1 heterocycles. The Morgan fingerprint density at radius 3 is 2.85 bits per heavy atom. The Balaban J connectivity index is 2.97. The van der Waals surface area contributed by atoms with Crippen molar-refractivity contribution in [2.24, 2.45) is 0 Å². The zero-order valence-corrected chi connectivity index (χ0v) is 7.11. The molecule has 0 bridgehead atoms. The minimum atomic E-state index is -0.920. The number of carboxylic acid groups (broad SMARTS) is 1. The van der Waals surface area contributed by atoms with Crippen molar-refractivity contribution in [3.63, 3.8) is 0 Å². The number of hydrogen-bond acceptors (Lipinski definition) is 3. The molecule has 0 aromatic carbocycles. The summed E-state index contributed by atoms with van der Waals surface area (Å²) in [5, 5.41) is 17.1. The molecule has 4 nitrogen and oxygen atoms in total. The lowest BCUT2D eigenvalue weighted by molar-refractivity contribution is -0.136. The summed E-state index contributed by atoms with van der Waals surface area (Å²) in [6, 6.07) is 5.11. The molecule has 0 saturated carbocycles. The van der Waals surface area contributed by atoms with Gasteiger partial charge >= 0.3 is 5.97 Å². The number of aryl methyl sites for hydroxylation is 1. The molecule has 0 fully saturated rings. The Bertz CT molecular complexity index is 380. The lowest BCUT2D eigenvalue weighted by atomic mass is 10.2. The zero-order chi connectivity index (χ0) is 9.84. The highest BCUT2D eigenvalue weighted by Gasteiger charge is 2.04. The number of rotatable bonds is 2. The minimum Gasteiger partial charge on any atom is -0.481 e. The number of aliphatic carboxylic acids is 1. The normalized spacial score (nSPS) is 9.23. The van der Waals surface area contributed by atoms with Crippen molar-refractivity contribution in [1.29, 1.82) is 5.26 Å². The molecule has 0 atom stereocenters. The van der Waals surface area contributed by atoms with Crippen molar-refractivity contribution in [3.8, 4) is 6.07 Å². The first kappa shape index (κ1) is 9.20. The lowest BCUT2D eigenvalue weighted by Crippen LogP contribution is -2.03. The van der Waals surface area contributed by atoms with Gasteiger partial charge in [0, 0.05) is 0 Å². The highest BCUT2D eigenvalue weighted by atomic mass is 16.4. The van der Waals surface area contributed by atoms with Crippen molar-refractivity contribution in [2.45, 2.75) is 13.3 Å². The molecule has 1 N–H and O–H groups in total. The molecule has 0 saturated heterocycles. The summed E-state index contributed by atoms with van der Waals surface area (Å²) in [5.74, 6) is -0.920. The zero-order valence-electron chi connectivity index (χ0n) is 7.11. The van der Waals surface area contributed by atoms with Crippen molar-refractivity contribution in [1.82, 2.24) is 4.98 Å².